The number of carbonyl (C=O) groups is 2. The van der Waals surface area contributed by atoms with Crippen LogP contribution in [0.15, 0.2) is 42.5 Å². The second-order valence-corrected chi connectivity index (χ2v) is 7.86. The highest BCUT2D eigenvalue weighted by atomic mass is 35.5. The maximum absolute atomic E-state index is 12.5. The molecule has 2 aliphatic rings. The minimum Gasteiger partial charge on any atom is -0.483 e. The standard InChI is InChI=1S/C21H23ClN4O3/c22-15-3-1-2-13(8-15)9-19-21(28)26-17-10-14(4-5-18(17)29-19)20(27)24-7-6-16-11-23-12-25-16/h1-3,8-9,11-12,14,17-18H,4-7,10H2,(H,23,25)(H,24,27)(H,26,28)/b19-9+. The van der Waals surface area contributed by atoms with E-state index in [1.165, 1.54) is 0 Å². The second-order valence-electron chi connectivity index (χ2n) is 7.43. The molecule has 2 heterocycles. The summed E-state index contributed by atoms with van der Waals surface area (Å²) in [7, 11) is 0. The van der Waals surface area contributed by atoms with E-state index in [9.17, 15) is 9.59 Å². The van der Waals surface area contributed by atoms with E-state index >= 15 is 0 Å². The van der Waals surface area contributed by atoms with Crippen molar-refractivity contribution in [2.24, 2.45) is 5.92 Å². The fourth-order valence-corrected chi connectivity index (χ4v) is 4.06. The number of hydrogen-bond donors (Lipinski definition) is 3. The van der Waals surface area contributed by atoms with Crippen molar-refractivity contribution in [3.8, 4) is 0 Å². The number of aromatic amines is 1. The Morgan fingerprint density at radius 2 is 2.28 bits per heavy atom. The predicted molar refractivity (Wildman–Crippen MR) is 109 cm³/mol. The molecule has 3 N–H and O–H groups in total. The summed E-state index contributed by atoms with van der Waals surface area (Å²) < 4.78 is 5.97. The van der Waals surface area contributed by atoms with Crippen LogP contribution >= 0.6 is 11.6 Å². The van der Waals surface area contributed by atoms with Crippen LogP contribution in [0, 0.1) is 5.92 Å². The Labute approximate surface area is 173 Å². The van der Waals surface area contributed by atoms with Gasteiger partial charge in [0.25, 0.3) is 5.91 Å². The van der Waals surface area contributed by atoms with Gasteiger partial charge in [-0.15, -0.1) is 0 Å². The average molecular weight is 415 g/mol. The summed E-state index contributed by atoms with van der Waals surface area (Å²) in [5.41, 5.74) is 1.80. The Hall–Kier alpha value is -2.80. The first-order chi connectivity index (χ1) is 14.1. The number of hydrogen-bond acceptors (Lipinski definition) is 4. The molecular formula is C21H23ClN4O3. The Kier molecular flexibility index (Phi) is 5.85. The number of imidazole rings is 1. The summed E-state index contributed by atoms with van der Waals surface area (Å²) >= 11 is 6.01. The molecule has 0 bridgehead atoms. The molecule has 4 rings (SSSR count). The number of aromatic nitrogens is 2. The van der Waals surface area contributed by atoms with Crippen molar-refractivity contribution < 1.29 is 14.3 Å². The maximum Gasteiger partial charge on any atom is 0.286 e. The van der Waals surface area contributed by atoms with E-state index in [2.05, 4.69) is 20.6 Å². The topological polar surface area (TPSA) is 96.1 Å². The van der Waals surface area contributed by atoms with E-state index in [0.29, 0.717) is 24.4 Å². The van der Waals surface area contributed by atoms with Crippen LogP contribution in [0.25, 0.3) is 6.08 Å². The lowest BCUT2D eigenvalue weighted by Gasteiger charge is -2.39. The molecule has 29 heavy (non-hydrogen) atoms. The van der Waals surface area contributed by atoms with Crippen LogP contribution < -0.4 is 10.6 Å². The van der Waals surface area contributed by atoms with Gasteiger partial charge < -0.3 is 20.4 Å². The normalized spacial score (nSPS) is 25.1. The van der Waals surface area contributed by atoms with Crippen molar-refractivity contribution in [2.75, 3.05) is 6.54 Å². The number of nitrogens with one attached hydrogen (secondary N) is 3. The molecule has 1 saturated heterocycles. The highest BCUT2D eigenvalue weighted by molar-refractivity contribution is 6.30. The van der Waals surface area contributed by atoms with Crippen LogP contribution in [0.3, 0.4) is 0 Å². The number of nitrogens with zero attached hydrogens (tertiary/aromatic N) is 1. The quantitative estimate of drug-likeness (QED) is 0.655. The third-order valence-electron chi connectivity index (χ3n) is 5.37. The van der Waals surface area contributed by atoms with Gasteiger partial charge in [0.15, 0.2) is 5.76 Å². The van der Waals surface area contributed by atoms with Gasteiger partial charge in [0.05, 0.1) is 12.4 Å². The van der Waals surface area contributed by atoms with E-state index in [1.54, 1.807) is 30.7 Å². The number of amides is 2. The molecule has 3 atom stereocenters. The van der Waals surface area contributed by atoms with Crippen molar-refractivity contribution >= 4 is 29.5 Å². The van der Waals surface area contributed by atoms with E-state index in [-0.39, 0.29) is 35.6 Å². The number of H-pyrrole nitrogens is 1. The minimum absolute atomic E-state index is 0.0254. The molecule has 3 unspecified atom stereocenters. The molecular weight excluding hydrogens is 392 g/mol. The number of rotatable bonds is 5. The molecule has 2 aromatic rings. The SMILES string of the molecule is O=C1NC2CC(C(=O)NCCc3cnc[nH]3)CCC2O/C1=C/c1cccc(Cl)c1. The van der Waals surface area contributed by atoms with E-state index in [1.807, 2.05) is 12.1 Å². The molecule has 0 spiro atoms. The van der Waals surface area contributed by atoms with Crippen LogP contribution in [-0.4, -0.2) is 40.5 Å². The number of halogens is 1. The Balaban J connectivity index is 1.32. The maximum atomic E-state index is 12.5. The lowest BCUT2D eigenvalue weighted by Crippen LogP contribution is -2.54. The molecule has 2 amide bonds. The van der Waals surface area contributed by atoms with Crippen LogP contribution in [-0.2, 0) is 20.7 Å². The first-order valence-corrected chi connectivity index (χ1v) is 10.2. The predicted octanol–water partition coefficient (Wildman–Crippen LogP) is 2.45. The van der Waals surface area contributed by atoms with Crippen molar-refractivity contribution in [3.63, 3.8) is 0 Å². The number of fused-ring (bicyclic) bond motifs is 1. The molecule has 152 valence electrons. The average Bonchev–Trinajstić information content (AvgIpc) is 3.22. The van der Waals surface area contributed by atoms with Crippen molar-refractivity contribution in [1.29, 1.82) is 0 Å². The molecule has 1 aliphatic heterocycles. The Morgan fingerprint density at radius 1 is 1.38 bits per heavy atom. The largest absolute Gasteiger partial charge is 0.483 e. The lowest BCUT2D eigenvalue weighted by atomic mass is 9.82. The lowest BCUT2D eigenvalue weighted by molar-refractivity contribution is -0.134. The minimum atomic E-state index is -0.258. The number of carbonyl (C=O) groups excluding carboxylic acids is 2. The van der Waals surface area contributed by atoms with Gasteiger partial charge in [0.1, 0.15) is 6.10 Å². The van der Waals surface area contributed by atoms with Crippen LogP contribution in [0.5, 0.6) is 0 Å². The summed E-state index contributed by atoms with van der Waals surface area (Å²) in [5.74, 6) is -0.0691. The van der Waals surface area contributed by atoms with E-state index in [0.717, 1.165) is 24.1 Å². The third-order valence-corrected chi connectivity index (χ3v) is 5.61. The fourth-order valence-electron chi connectivity index (χ4n) is 3.86. The number of ether oxygens (including phenoxy) is 1. The van der Waals surface area contributed by atoms with E-state index in [4.69, 9.17) is 16.3 Å². The fraction of sp³-hybridized carbons (Fsp3) is 0.381. The monoisotopic (exact) mass is 414 g/mol. The Morgan fingerprint density at radius 3 is 3.07 bits per heavy atom. The zero-order chi connectivity index (χ0) is 20.2. The molecule has 1 aromatic heterocycles. The van der Waals surface area contributed by atoms with Crippen molar-refractivity contribution in [3.05, 3.63) is 58.8 Å². The molecule has 2 fully saturated rings. The van der Waals surface area contributed by atoms with E-state index < -0.39 is 0 Å². The smallest absolute Gasteiger partial charge is 0.286 e. The van der Waals surface area contributed by atoms with Crippen molar-refractivity contribution in [1.82, 2.24) is 20.6 Å². The zero-order valence-electron chi connectivity index (χ0n) is 15.9. The van der Waals surface area contributed by atoms with Gasteiger partial charge in [-0.1, -0.05) is 23.7 Å². The van der Waals surface area contributed by atoms with Crippen LogP contribution in [0.4, 0.5) is 0 Å². The molecule has 7 nitrogen and oxygen atoms in total. The number of benzene rings is 1. The summed E-state index contributed by atoms with van der Waals surface area (Å²) in [4.78, 5) is 32.0. The first kappa shape index (κ1) is 19.5. The molecule has 8 heteroatoms. The van der Waals surface area contributed by atoms with Crippen LogP contribution in [0.1, 0.15) is 30.5 Å². The van der Waals surface area contributed by atoms with Crippen molar-refractivity contribution in [2.45, 2.75) is 37.8 Å². The molecule has 1 aromatic carbocycles. The van der Waals surface area contributed by atoms with Gasteiger partial charge in [-0.2, -0.15) is 0 Å². The summed E-state index contributed by atoms with van der Waals surface area (Å²) in [6.07, 6.45) is 7.70. The Bertz CT molecular complexity index is 912. The summed E-state index contributed by atoms with van der Waals surface area (Å²) in [5, 5.41) is 6.59. The van der Waals surface area contributed by atoms with Gasteiger partial charge in [-0.05, 0) is 43.0 Å². The number of morpholine rings is 1. The molecule has 0 radical (unpaired) electrons. The van der Waals surface area contributed by atoms with Gasteiger partial charge in [0, 0.05) is 35.8 Å². The first-order valence-electron chi connectivity index (χ1n) is 9.78. The second kappa shape index (κ2) is 8.69. The highest BCUT2D eigenvalue weighted by Crippen LogP contribution is 2.31. The zero-order valence-corrected chi connectivity index (χ0v) is 16.6. The summed E-state index contributed by atoms with van der Waals surface area (Å²) in [6.45, 7) is 0.557. The van der Waals surface area contributed by atoms with Gasteiger partial charge >= 0.3 is 0 Å². The van der Waals surface area contributed by atoms with Crippen LogP contribution in [0.2, 0.25) is 5.02 Å². The van der Waals surface area contributed by atoms with Gasteiger partial charge in [-0.3, -0.25) is 9.59 Å². The van der Waals surface area contributed by atoms with Gasteiger partial charge in [0.2, 0.25) is 5.91 Å². The highest BCUT2D eigenvalue weighted by Gasteiger charge is 2.40. The summed E-state index contributed by atoms with van der Waals surface area (Å²) in [6, 6.07) is 7.10. The van der Waals surface area contributed by atoms with Gasteiger partial charge in [-0.25, -0.2) is 4.98 Å². The molecule has 1 aliphatic carbocycles. The molecule has 1 saturated carbocycles. The third kappa shape index (κ3) is 4.79.